The lowest BCUT2D eigenvalue weighted by molar-refractivity contribution is 0.0592. The summed E-state index contributed by atoms with van der Waals surface area (Å²) in [5.74, 6) is -0.494. The fourth-order valence-electron chi connectivity index (χ4n) is 2.26. The lowest BCUT2D eigenvalue weighted by Crippen LogP contribution is -2.40. The Morgan fingerprint density at radius 1 is 1.48 bits per heavy atom. The van der Waals surface area contributed by atoms with Crippen LogP contribution in [0.5, 0.6) is 6.01 Å². The Hall–Kier alpha value is -1.73. The van der Waals surface area contributed by atoms with Crippen molar-refractivity contribution in [3.63, 3.8) is 0 Å². The number of aromatic nitrogens is 2. The molecule has 0 aromatic carbocycles. The molecule has 1 aliphatic rings. The normalized spacial score (nSPS) is 16.7. The molecule has 21 heavy (non-hydrogen) atoms. The van der Waals surface area contributed by atoms with Gasteiger partial charge in [0.2, 0.25) is 0 Å². The van der Waals surface area contributed by atoms with E-state index in [0.29, 0.717) is 12.6 Å². The highest BCUT2D eigenvalue weighted by atomic mass is 16.5. The van der Waals surface area contributed by atoms with E-state index in [1.54, 1.807) is 0 Å². The van der Waals surface area contributed by atoms with Crippen molar-refractivity contribution < 1.29 is 14.3 Å². The summed E-state index contributed by atoms with van der Waals surface area (Å²) < 4.78 is 10.1. The van der Waals surface area contributed by atoms with E-state index in [4.69, 9.17) is 10.5 Å². The second-order valence-electron chi connectivity index (χ2n) is 5.10. The van der Waals surface area contributed by atoms with E-state index >= 15 is 0 Å². The molecule has 116 valence electrons. The monoisotopic (exact) mass is 294 g/mol. The highest BCUT2D eigenvalue weighted by Crippen LogP contribution is 2.09. The van der Waals surface area contributed by atoms with Gasteiger partial charge in [0.15, 0.2) is 5.69 Å². The number of carbonyl (C=O) groups excluding carboxylic acids is 1. The van der Waals surface area contributed by atoms with Crippen molar-refractivity contribution in [2.45, 2.75) is 25.3 Å². The van der Waals surface area contributed by atoms with Crippen molar-refractivity contribution in [3.05, 3.63) is 18.0 Å². The summed E-state index contributed by atoms with van der Waals surface area (Å²) in [4.78, 5) is 21.7. The summed E-state index contributed by atoms with van der Waals surface area (Å²) in [5.41, 5.74) is 6.07. The van der Waals surface area contributed by atoms with Crippen molar-refractivity contribution in [3.8, 4) is 6.01 Å². The van der Waals surface area contributed by atoms with Gasteiger partial charge in [-0.05, 0) is 38.4 Å². The van der Waals surface area contributed by atoms with Crippen LogP contribution in [0, 0.1) is 0 Å². The Morgan fingerprint density at radius 3 is 2.95 bits per heavy atom. The van der Waals surface area contributed by atoms with Crippen molar-refractivity contribution in [1.82, 2.24) is 14.9 Å². The predicted octanol–water partition coefficient (Wildman–Crippen LogP) is 0.455. The van der Waals surface area contributed by atoms with Crippen molar-refractivity contribution in [2.75, 3.05) is 33.4 Å². The van der Waals surface area contributed by atoms with Crippen molar-refractivity contribution in [1.29, 1.82) is 0 Å². The largest absolute Gasteiger partial charge is 0.464 e. The average Bonchev–Trinajstić information content (AvgIpc) is 2.53. The molecule has 0 radical (unpaired) electrons. The maximum Gasteiger partial charge on any atom is 0.356 e. The Morgan fingerprint density at radius 2 is 2.24 bits per heavy atom. The molecule has 1 aromatic rings. The zero-order valence-corrected chi connectivity index (χ0v) is 12.3. The first-order valence-corrected chi connectivity index (χ1v) is 7.21. The van der Waals surface area contributed by atoms with Crippen molar-refractivity contribution >= 4 is 5.97 Å². The minimum atomic E-state index is -0.494. The number of hydrogen-bond donors (Lipinski definition) is 1. The second-order valence-corrected chi connectivity index (χ2v) is 5.10. The van der Waals surface area contributed by atoms with Gasteiger partial charge in [-0.25, -0.2) is 9.78 Å². The quantitative estimate of drug-likeness (QED) is 0.602. The molecule has 7 nitrogen and oxygen atoms in total. The van der Waals surface area contributed by atoms with Gasteiger partial charge in [-0.3, -0.25) is 0 Å². The Labute approximate surface area is 124 Å². The van der Waals surface area contributed by atoms with E-state index in [9.17, 15) is 4.79 Å². The van der Waals surface area contributed by atoms with Gasteiger partial charge in [0.25, 0.3) is 0 Å². The van der Waals surface area contributed by atoms with Crippen LogP contribution in [-0.4, -0.2) is 60.2 Å². The highest BCUT2D eigenvalue weighted by molar-refractivity contribution is 5.86. The van der Waals surface area contributed by atoms with Crippen LogP contribution >= 0.6 is 0 Å². The first-order chi connectivity index (χ1) is 10.2. The maximum atomic E-state index is 11.3. The minimum absolute atomic E-state index is 0.201. The molecule has 0 unspecified atom stereocenters. The number of carbonyl (C=O) groups is 1. The molecule has 1 fully saturated rings. The van der Waals surface area contributed by atoms with Crippen molar-refractivity contribution in [2.24, 2.45) is 5.73 Å². The predicted molar refractivity (Wildman–Crippen MR) is 77.1 cm³/mol. The molecule has 0 bridgehead atoms. The molecular weight excluding hydrogens is 272 g/mol. The molecular formula is C14H22N4O3. The van der Waals surface area contributed by atoms with Crippen LogP contribution in [0.4, 0.5) is 0 Å². The topological polar surface area (TPSA) is 90.6 Å². The van der Waals surface area contributed by atoms with Gasteiger partial charge in [-0.15, -0.1) is 0 Å². The van der Waals surface area contributed by atoms with Gasteiger partial charge in [0.05, 0.1) is 13.7 Å². The summed E-state index contributed by atoms with van der Waals surface area (Å²) >= 11 is 0. The first kappa shape index (κ1) is 15.7. The summed E-state index contributed by atoms with van der Waals surface area (Å²) in [6, 6.07) is 2.06. The summed E-state index contributed by atoms with van der Waals surface area (Å²) in [5, 5.41) is 0. The van der Waals surface area contributed by atoms with E-state index < -0.39 is 5.97 Å². The number of methoxy groups -OCH3 is 1. The Bertz CT molecular complexity index is 461. The smallest absolute Gasteiger partial charge is 0.356 e. The maximum absolute atomic E-state index is 11.3. The molecule has 7 heteroatoms. The van der Waals surface area contributed by atoms with Gasteiger partial charge in [0.1, 0.15) is 0 Å². The highest BCUT2D eigenvalue weighted by Gasteiger charge is 2.15. The van der Waals surface area contributed by atoms with E-state index in [-0.39, 0.29) is 11.7 Å². The van der Waals surface area contributed by atoms with E-state index in [2.05, 4.69) is 19.6 Å². The fourth-order valence-corrected chi connectivity index (χ4v) is 2.26. The molecule has 0 amide bonds. The lowest BCUT2D eigenvalue weighted by atomic mass is 10.1. The molecule has 2 rings (SSSR count). The number of nitrogens with two attached hydrogens (primary N) is 1. The molecule has 0 atom stereocenters. The molecule has 2 N–H and O–H groups in total. The number of piperidine rings is 1. The van der Waals surface area contributed by atoms with Crippen LogP contribution in [0.3, 0.4) is 0 Å². The van der Waals surface area contributed by atoms with E-state index in [1.165, 1.54) is 19.4 Å². The molecule has 1 aromatic heterocycles. The minimum Gasteiger partial charge on any atom is -0.464 e. The van der Waals surface area contributed by atoms with Gasteiger partial charge in [-0.1, -0.05) is 0 Å². The lowest BCUT2D eigenvalue weighted by Gasteiger charge is -2.29. The van der Waals surface area contributed by atoms with E-state index in [0.717, 1.165) is 38.9 Å². The molecule has 0 aliphatic carbocycles. The number of rotatable bonds is 6. The first-order valence-electron chi connectivity index (χ1n) is 7.21. The van der Waals surface area contributed by atoms with Crippen LogP contribution in [0.2, 0.25) is 0 Å². The number of likely N-dealkylation sites (tertiary alicyclic amines) is 1. The third kappa shape index (κ3) is 4.95. The van der Waals surface area contributed by atoms with Crippen LogP contribution < -0.4 is 10.5 Å². The number of esters is 1. The molecule has 0 saturated carbocycles. The van der Waals surface area contributed by atoms with Gasteiger partial charge >= 0.3 is 12.0 Å². The summed E-state index contributed by atoms with van der Waals surface area (Å²) in [6.45, 7) is 3.60. The van der Waals surface area contributed by atoms with Gasteiger partial charge in [-0.2, -0.15) is 4.98 Å². The Balaban J connectivity index is 1.70. The van der Waals surface area contributed by atoms with Gasteiger partial charge in [0, 0.05) is 18.8 Å². The zero-order valence-electron chi connectivity index (χ0n) is 12.3. The summed E-state index contributed by atoms with van der Waals surface area (Å²) in [7, 11) is 1.31. The molecule has 2 heterocycles. The molecule has 0 spiro atoms. The van der Waals surface area contributed by atoms with Crippen LogP contribution in [0.25, 0.3) is 0 Å². The molecule has 1 aliphatic heterocycles. The van der Waals surface area contributed by atoms with Crippen LogP contribution in [0.1, 0.15) is 29.8 Å². The number of ether oxygens (including phenoxy) is 2. The Kier molecular flexibility index (Phi) is 5.89. The zero-order chi connectivity index (χ0) is 15.1. The third-order valence-electron chi connectivity index (χ3n) is 3.51. The summed E-state index contributed by atoms with van der Waals surface area (Å²) in [6.07, 6.45) is 4.50. The van der Waals surface area contributed by atoms with Gasteiger partial charge < -0.3 is 20.1 Å². The average molecular weight is 294 g/mol. The standard InChI is InChI=1S/C14H22N4O3/c1-20-13(19)12-3-6-16-14(17-12)21-10-2-7-18-8-4-11(15)5-9-18/h3,6,11H,2,4-5,7-10,15H2,1H3. The number of nitrogens with zero attached hydrogens (tertiary/aromatic N) is 3. The second kappa shape index (κ2) is 7.90. The fraction of sp³-hybridized carbons (Fsp3) is 0.643. The molecule has 1 saturated heterocycles. The van der Waals surface area contributed by atoms with Crippen LogP contribution in [-0.2, 0) is 4.74 Å². The third-order valence-corrected chi connectivity index (χ3v) is 3.51. The van der Waals surface area contributed by atoms with Crippen LogP contribution in [0.15, 0.2) is 12.3 Å². The SMILES string of the molecule is COC(=O)c1ccnc(OCCCN2CCC(N)CC2)n1. The number of hydrogen-bond acceptors (Lipinski definition) is 7. The van der Waals surface area contributed by atoms with E-state index in [1.807, 2.05) is 0 Å².